The van der Waals surface area contributed by atoms with Gasteiger partial charge in [-0.25, -0.2) is 0 Å². The Morgan fingerprint density at radius 1 is 1.03 bits per heavy atom. The van der Waals surface area contributed by atoms with Crippen molar-refractivity contribution >= 4 is 29.1 Å². The maximum absolute atomic E-state index is 12.4. The first kappa shape index (κ1) is 21.5. The number of ether oxygens (including phenoxy) is 1. The van der Waals surface area contributed by atoms with Crippen molar-refractivity contribution < 1.29 is 18.7 Å². The molecule has 7 heteroatoms. The molecule has 2 amide bonds. The number of carbonyl (C=O) groups is 2. The molecule has 0 saturated carbocycles. The highest BCUT2D eigenvalue weighted by atomic mass is 35.5. The van der Waals surface area contributed by atoms with E-state index >= 15 is 0 Å². The largest absolute Gasteiger partial charge is 0.494 e. The van der Waals surface area contributed by atoms with Crippen LogP contribution >= 0.6 is 11.6 Å². The predicted molar refractivity (Wildman–Crippen MR) is 116 cm³/mol. The van der Waals surface area contributed by atoms with Gasteiger partial charge in [-0.05, 0) is 73.9 Å². The molecule has 2 aromatic carbocycles. The summed E-state index contributed by atoms with van der Waals surface area (Å²) < 4.78 is 10.7. The van der Waals surface area contributed by atoms with Gasteiger partial charge in [0.15, 0.2) is 5.76 Å². The Kier molecular flexibility index (Phi) is 7.51. The van der Waals surface area contributed by atoms with Crippen molar-refractivity contribution in [2.24, 2.45) is 0 Å². The lowest BCUT2D eigenvalue weighted by molar-refractivity contribution is 0.0950. The van der Waals surface area contributed by atoms with E-state index < -0.39 is 0 Å². The maximum Gasteiger partial charge on any atom is 0.291 e. The Labute approximate surface area is 180 Å². The topological polar surface area (TPSA) is 80.6 Å². The molecular weight excluding hydrogens is 404 g/mol. The zero-order valence-corrected chi connectivity index (χ0v) is 17.4. The van der Waals surface area contributed by atoms with Crippen LogP contribution in [0.5, 0.6) is 5.75 Å². The molecule has 1 heterocycles. The summed E-state index contributed by atoms with van der Waals surface area (Å²) in [6, 6.07) is 15.6. The molecule has 0 saturated heterocycles. The van der Waals surface area contributed by atoms with Gasteiger partial charge in [0, 0.05) is 22.8 Å². The summed E-state index contributed by atoms with van der Waals surface area (Å²) in [6.07, 6.45) is 3.03. The van der Waals surface area contributed by atoms with Crippen molar-refractivity contribution in [2.45, 2.75) is 19.8 Å². The fraction of sp³-hybridized carbons (Fsp3) is 0.217. The molecule has 156 valence electrons. The summed E-state index contributed by atoms with van der Waals surface area (Å²) in [5, 5.41) is 6.33. The summed E-state index contributed by atoms with van der Waals surface area (Å²) in [6.45, 7) is 2.95. The minimum absolute atomic E-state index is 0.192. The molecule has 0 radical (unpaired) electrons. The number of hydrogen-bond acceptors (Lipinski definition) is 4. The van der Waals surface area contributed by atoms with Crippen LogP contribution in [0.3, 0.4) is 0 Å². The van der Waals surface area contributed by atoms with Crippen molar-refractivity contribution in [2.75, 3.05) is 18.5 Å². The van der Waals surface area contributed by atoms with E-state index in [2.05, 4.69) is 10.6 Å². The van der Waals surface area contributed by atoms with Gasteiger partial charge in [0.05, 0.1) is 12.9 Å². The highest BCUT2D eigenvalue weighted by Crippen LogP contribution is 2.18. The Bertz CT molecular complexity index is 985. The molecule has 1 aromatic heterocycles. The Morgan fingerprint density at radius 2 is 1.83 bits per heavy atom. The SMILES string of the molecule is Cc1ccc(C(=O)NCCCCOc2ccc(Cl)cc2)cc1NC(=O)c1ccco1. The molecule has 3 aromatic rings. The molecule has 0 aliphatic heterocycles. The van der Waals surface area contributed by atoms with Gasteiger partial charge in [-0.3, -0.25) is 9.59 Å². The summed E-state index contributed by atoms with van der Waals surface area (Å²) in [7, 11) is 0. The van der Waals surface area contributed by atoms with Crippen molar-refractivity contribution in [1.82, 2.24) is 5.32 Å². The van der Waals surface area contributed by atoms with Crippen molar-refractivity contribution in [1.29, 1.82) is 0 Å². The third-order valence-corrected chi connectivity index (χ3v) is 4.68. The molecule has 0 unspecified atom stereocenters. The number of anilines is 1. The van der Waals surface area contributed by atoms with Crippen LogP contribution in [0.4, 0.5) is 5.69 Å². The third-order valence-electron chi connectivity index (χ3n) is 4.43. The minimum Gasteiger partial charge on any atom is -0.494 e. The summed E-state index contributed by atoms with van der Waals surface area (Å²) >= 11 is 5.84. The number of benzene rings is 2. The molecule has 6 nitrogen and oxygen atoms in total. The van der Waals surface area contributed by atoms with Crippen LogP contribution in [0.25, 0.3) is 0 Å². The predicted octanol–water partition coefficient (Wildman–Crippen LogP) is 5.08. The van der Waals surface area contributed by atoms with E-state index in [0.29, 0.717) is 29.4 Å². The van der Waals surface area contributed by atoms with E-state index in [4.69, 9.17) is 20.8 Å². The van der Waals surface area contributed by atoms with E-state index in [1.807, 2.05) is 19.1 Å². The number of amides is 2. The first-order chi connectivity index (χ1) is 14.5. The molecule has 30 heavy (non-hydrogen) atoms. The highest BCUT2D eigenvalue weighted by Gasteiger charge is 2.13. The lowest BCUT2D eigenvalue weighted by Gasteiger charge is -2.11. The van der Waals surface area contributed by atoms with Gasteiger partial charge in [0.2, 0.25) is 0 Å². The Hall–Kier alpha value is -3.25. The van der Waals surface area contributed by atoms with E-state index in [-0.39, 0.29) is 17.6 Å². The number of hydrogen-bond donors (Lipinski definition) is 2. The van der Waals surface area contributed by atoms with Crippen LogP contribution in [0.2, 0.25) is 5.02 Å². The number of furan rings is 1. The molecule has 0 bridgehead atoms. The summed E-state index contributed by atoms with van der Waals surface area (Å²) in [4.78, 5) is 24.6. The lowest BCUT2D eigenvalue weighted by atomic mass is 10.1. The quantitative estimate of drug-likeness (QED) is 0.467. The maximum atomic E-state index is 12.4. The number of halogens is 1. The first-order valence-electron chi connectivity index (χ1n) is 9.65. The second kappa shape index (κ2) is 10.5. The lowest BCUT2D eigenvalue weighted by Crippen LogP contribution is -2.25. The molecule has 0 fully saturated rings. The molecule has 0 atom stereocenters. The van der Waals surface area contributed by atoms with E-state index in [1.54, 1.807) is 42.5 Å². The summed E-state index contributed by atoms with van der Waals surface area (Å²) in [5.41, 5.74) is 1.90. The zero-order valence-electron chi connectivity index (χ0n) is 16.6. The second-order valence-corrected chi connectivity index (χ2v) is 7.16. The van der Waals surface area contributed by atoms with Crippen LogP contribution in [0, 0.1) is 6.92 Å². The number of rotatable bonds is 9. The van der Waals surface area contributed by atoms with Crippen molar-refractivity contribution in [3.05, 3.63) is 82.8 Å². The number of aryl methyl sites for hydroxylation is 1. The van der Waals surface area contributed by atoms with Crippen molar-refractivity contribution in [3.63, 3.8) is 0 Å². The van der Waals surface area contributed by atoms with E-state index in [1.165, 1.54) is 6.26 Å². The fourth-order valence-electron chi connectivity index (χ4n) is 2.74. The van der Waals surface area contributed by atoms with Gasteiger partial charge in [0.25, 0.3) is 11.8 Å². The normalized spacial score (nSPS) is 10.5. The summed E-state index contributed by atoms with van der Waals surface area (Å²) in [5.74, 6) is 0.431. The smallest absolute Gasteiger partial charge is 0.291 e. The Balaban J connectivity index is 1.43. The molecule has 0 aliphatic rings. The van der Waals surface area contributed by atoms with Gasteiger partial charge in [0.1, 0.15) is 5.75 Å². The van der Waals surface area contributed by atoms with Crippen molar-refractivity contribution in [3.8, 4) is 5.75 Å². The highest BCUT2D eigenvalue weighted by molar-refractivity contribution is 6.30. The molecule has 2 N–H and O–H groups in total. The van der Waals surface area contributed by atoms with Crippen LogP contribution in [-0.2, 0) is 0 Å². The minimum atomic E-state index is -0.360. The second-order valence-electron chi connectivity index (χ2n) is 6.73. The van der Waals surface area contributed by atoms with Crippen LogP contribution in [0.15, 0.2) is 65.3 Å². The number of nitrogens with one attached hydrogen (secondary N) is 2. The first-order valence-corrected chi connectivity index (χ1v) is 10.0. The average Bonchev–Trinajstić information content (AvgIpc) is 3.28. The molecule has 0 spiro atoms. The standard InChI is InChI=1S/C23H23ClN2O4/c1-16-6-7-17(15-20(16)26-23(28)21-5-4-14-30-21)22(27)25-12-2-3-13-29-19-10-8-18(24)9-11-19/h4-11,14-15H,2-3,12-13H2,1H3,(H,25,27)(H,26,28). The average molecular weight is 427 g/mol. The van der Waals surface area contributed by atoms with Gasteiger partial charge in [-0.1, -0.05) is 17.7 Å². The Morgan fingerprint density at radius 3 is 2.57 bits per heavy atom. The van der Waals surface area contributed by atoms with Gasteiger partial charge >= 0.3 is 0 Å². The van der Waals surface area contributed by atoms with Gasteiger partial charge in [-0.15, -0.1) is 0 Å². The van der Waals surface area contributed by atoms with Crippen LogP contribution in [0.1, 0.15) is 39.3 Å². The number of unbranched alkanes of at least 4 members (excludes halogenated alkanes) is 1. The fourth-order valence-corrected chi connectivity index (χ4v) is 2.87. The third kappa shape index (κ3) is 6.12. The van der Waals surface area contributed by atoms with E-state index in [9.17, 15) is 9.59 Å². The van der Waals surface area contributed by atoms with Gasteiger partial charge in [-0.2, -0.15) is 0 Å². The van der Waals surface area contributed by atoms with Gasteiger partial charge < -0.3 is 19.8 Å². The van der Waals surface area contributed by atoms with Crippen LogP contribution < -0.4 is 15.4 Å². The molecular formula is C23H23ClN2O4. The molecule has 3 rings (SSSR count). The van der Waals surface area contributed by atoms with E-state index in [0.717, 1.165) is 24.2 Å². The van der Waals surface area contributed by atoms with Crippen LogP contribution in [-0.4, -0.2) is 25.0 Å². The monoisotopic (exact) mass is 426 g/mol. The molecule has 0 aliphatic carbocycles. The number of carbonyl (C=O) groups excluding carboxylic acids is 2. The zero-order chi connectivity index (χ0) is 21.3.